The Labute approximate surface area is 193 Å². The molecule has 0 spiro atoms. The van der Waals surface area contributed by atoms with E-state index in [1.165, 1.54) is 11.6 Å². The predicted molar refractivity (Wildman–Crippen MR) is 124 cm³/mol. The maximum absolute atomic E-state index is 12.6. The highest BCUT2D eigenvalue weighted by atomic mass is 79.9. The SMILES string of the molecule is N#C/C(=C\c1cn[nH]c1-c1cccc(Br)c1)C(=O)NCC(=O)N1CCc2ccccc2C1. The number of halogens is 1. The predicted octanol–water partition coefficient (Wildman–Crippen LogP) is 3.45. The number of aromatic amines is 1. The van der Waals surface area contributed by atoms with Gasteiger partial charge in [0.1, 0.15) is 11.6 Å². The molecule has 2 heterocycles. The Hall–Kier alpha value is -3.70. The third-order valence-electron chi connectivity index (χ3n) is 5.33. The van der Waals surface area contributed by atoms with Crippen LogP contribution < -0.4 is 5.32 Å². The standard InChI is InChI=1S/C24H20BrN5O2/c25-21-7-3-6-17(11-21)23-20(13-28-29-23)10-19(12-26)24(32)27-14-22(31)30-9-8-16-4-1-2-5-18(16)15-30/h1-7,10-11,13H,8-9,14-15H2,(H,27,32)(H,28,29)/b19-10+. The maximum atomic E-state index is 12.6. The lowest BCUT2D eigenvalue weighted by Gasteiger charge is -2.28. The summed E-state index contributed by atoms with van der Waals surface area (Å²) in [6.45, 7) is 0.971. The summed E-state index contributed by atoms with van der Waals surface area (Å²) in [7, 11) is 0. The van der Waals surface area contributed by atoms with Gasteiger partial charge in [0.25, 0.3) is 5.91 Å². The highest BCUT2D eigenvalue weighted by molar-refractivity contribution is 9.10. The Morgan fingerprint density at radius 3 is 2.81 bits per heavy atom. The van der Waals surface area contributed by atoms with Crippen molar-refractivity contribution in [2.45, 2.75) is 13.0 Å². The van der Waals surface area contributed by atoms with Gasteiger partial charge in [0.05, 0.1) is 18.4 Å². The quantitative estimate of drug-likeness (QED) is 0.423. The first kappa shape index (κ1) is 21.5. The van der Waals surface area contributed by atoms with Crippen molar-refractivity contribution in [3.8, 4) is 17.3 Å². The molecular formula is C24H20BrN5O2. The molecule has 160 valence electrons. The molecule has 0 aliphatic carbocycles. The van der Waals surface area contributed by atoms with Crippen molar-refractivity contribution in [2.75, 3.05) is 13.1 Å². The van der Waals surface area contributed by atoms with Crippen LogP contribution in [0, 0.1) is 11.3 Å². The van der Waals surface area contributed by atoms with Gasteiger partial charge in [0.15, 0.2) is 0 Å². The zero-order valence-corrected chi connectivity index (χ0v) is 18.7. The summed E-state index contributed by atoms with van der Waals surface area (Å²) in [6.07, 6.45) is 3.81. The largest absolute Gasteiger partial charge is 0.342 e. The fraction of sp³-hybridized carbons (Fsp3) is 0.167. The maximum Gasteiger partial charge on any atom is 0.262 e. The van der Waals surface area contributed by atoms with Gasteiger partial charge in [-0.2, -0.15) is 10.4 Å². The van der Waals surface area contributed by atoms with Crippen molar-refractivity contribution < 1.29 is 9.59 Å². The van der Waals surface area contributed by atoms with E-state index in [0.29, 0.717) is 24.3 Å². The van der Waals surface area contributed by atoms with Gasteiger partial charge in [-0.3, -0.25) is 14.7 Å². The van der Waals surface area contributed by atoms with E-state index in [1.54, 1.807) is 11.1 Å². The molecule has 0 atom stereocenters. The lowest BCUT2D eigenvalue weighted by Crippen LogP contribution is -2.42. The minimum Gasteiger partial charge on any atom is -0.342 e. The van der Waals surface area contributed by atoms with Gasteiger partial charge in [-0.05, 0) is 35.8 Å². The number of aromatic nitrogens is 2. The molecule has 1 aliphatic heterocycles. The second-order valence-corrected chi connectivity index (χ2v) is 8.31. The van der Waals surface area contributed by atoms with E-state index in [4.69, 9.17) is 0 Å². The fourth-order valence-corrected chi connectivity index (χ4v) is 4.05. The Balaban J connectivity index is 1.42. The molecule has 0 bridgehead atoms. The molecular weight excluding hydrogens is 470 g/mol. The van der Waals surface area contributed by atoms with Crippen LogP contribution in [0.4, 0.5) is 0 Å². The van der Waals surface area contributed by atoms with Crippen LogP contribution in [-0.2, 0) is 22.6 Å². The van der Waals surface area contributed by atoms with Crippen molar-refractivity contribution in [3.63, 3.8) is 0 Å². The number of benzene rings is 2. The summed E-state index contributed by atoms with van der Waals surface area (Å²) in [6, 6.07) is 17.6. The number of rotatable bonds is 5. The van der Waals surface area contributed by atoms with Crippen molar-refractivity contribution in [1.29, 1.82) is 5.26 Å². The van der Waals surface area contributed by atoms with Gasteiger partial charge in [-0.1, -0.05) is 52.3 Å². The average molecular weight is 490 g/mol. The van der Waals surface area contributed by atoms with E-state index < -0.39 is 5.91 Å². The van der Waals surface area contributed by atoms with Crippen LogP contribution in [-0.4, -0.2) is 40.0 Å². The van der Waals surface area contributed by atoms with Crippen molar-refractivity contribution >= 4 is 33.8 Å². The summed E-state index contributed by atoms with van der Waals surface area (Å²) in [5.41, 5.74) is 4.43. The van der Waals surface area contributed by atoms with Gasteiger partial charge in [-0.15, -0.1) is 0 Å². The summed E-state index contributed by atoms with van der Waals surface area (Å²) >= 11 is 3.43. The topological polar surface area (TPSA) is 102 Å². The number of hydrogen-bond acceptors (Lipinski definition) is 4. The monoisotopic (exact) mass is 489 g/mol. The zero-order valence-electron chi connectivity index (χ0n) is 17.1. The Kier molecular flexibility index (Phi) is 6.47. The minimum absolute atomic E-state index is 0.0977. The van der Waals surface area contributed by atoms with Gasteiger partial charge < -0.3 is 10.2 Å². The summed E-state index contributed by atoms with van der Waals surface area (Å²) in [5.74, 6) is -0.775. The van der Waals surface area contributed by atoms with E-state index in [-0.39, 0.29) is 18.0 Å². The number of nitrogens with zero attached hydrogens (tertiary/aromatic N) is 3. The molecule has 0 radical (unpaired) electrons. The van der Waals surface area contributed by atoms with E-state index >= 15 is 0 Å². The first-order valence-electron chi connectivity index (χ1n) is 10.1. The summed E-state index contributed by atoms with van der Waals surface area (Å²) in [5, 5.41) is 19.0. The zero-order chi connectivity index (χ0) is 22.5. The molecule has 0 unspecified atom stereocenters. The smallest absolute Gasteiger partial charge is 0.262 e. The lowest BCUT2D eigenvalue weighted by molar-refractivity contribution is -0.132. The molecule has 8 heteroatoms. The molecule has 3 aromatic rings. The van der Waals surface area contributed by atoms with Crippen molar-refractivity contribution in [1.82, 2.24) is 20.4 Å². The van der Waals surface area contributed by atoms with Gasteiger partial charge in [0.2, 0.25) is 5.91 Å². The Bertz CT molecular complexity index is 1240. The van der Waals surface area contributed by atoms with Crippen LogP contribution in [0.5, 0.6) is 0 Å². The number of hydrogen-bond donors (Lipinski definition) is 2. The lowest BCUT2D eigenvalue weighted by atomic mass is 10.00. The number of amides is 2. The molecule has 0 saturated carbocycles. The first-order valence-corrected chi connectivity index (χ1v) is 10.9. The van der Waals surface area contributed by atoms with Gasteiger partial charge >= 0.3 is 0 Å². The average Bonchev–Trinajstić information content (AvgIpc) is 3.28. The molecule has 1 aromatic heterocycles. The van der Waals surface area contributed by atoms with E-state index in [1.807, 2.05) is 48.5 Å². The summed E-state index contributed by atoms with van der Waals surface area (Å²) < 4.78 is 0.900. The second kappa shape index (κ2) is 9.62. The van der Waals surface area contributed by atoms with Crippen LogP contribution in [0.3, 0.4) is 0 Å². The molecule has 32 heavy (non-hydrogen) atoms. The molecule has 2 amide bonds. The highest BCUT2D eigenvalue weighted by Crippen LogP contribution is 2.25. The van der Waals surface area contributed by atoms with Crippen molar-refractivity contribution in [3.05, 3.63) is 81.5 Å². The van der Waals surface area contributed by atoms with Gasteiger partial charge in [-0.25, -0.2) is 0 Å². The number of nitrogens with one attached hydrogen (secondary N) is 2. The van der Waals surface area contributed by atoms with Gasteiger partial charge in [0, 0.05) is 28.7 Å². The van der Waals surface area contributed by atoms with E-state index in [9.17, 15) is 14.9 Å². The molecule has 1 aliphatic rings. The Morgan fingerprint density at radius 2 is 2.03 bits per heavy atom. The molecule has 2 aromatic carbocycles. The van der Waals surface area contributed by atoms with Crippen LogP contribution in [0.15, 0.2) is 64.8 Å². The number of fused-ring (bicyclic) bond motifs is 1. The number of nitriles is 1. The first-order chi connectivity index (χ1) is 15.5. The van der Waals surface area contributed by atoms with E-state index in [2.05, 4.69) is 37.5 Å². The number of carbonyl (C=O) groups is 2. The Morgan fingerprint density at radius 1 is 1.22 bits per heavy atom. The number of H-pyrrole nitrogens is 1. The molecule has 4 rings (SSSR count). The minimum atomic E-state index is -0.598. The fourth-order valence-electron chi connectivity index (χ4n) is 3.66. The van der Waals surface area contributed by atoms with Crippen LogP contribution in [0.1, 0.15) is 16.7 Å². The number of carbonyl (C=O) groups excluding carboxylic acids is 2. The van der Waals surface area contributed by atoms with Crippen LogP contribution in [0.25, 0.3) is 17.3 Å². The normalized spacial score (nSPS) is 13.2. The van der Waals surface area contributed by atoms with E-state index in [0.717, 1.165) is 22.0 Å². The molecule has 2 N–H and O–H groups in total. The third-order valence-corrected chi connectivity index (χ3v) is 5.82. The highest BCUT2D eigenvalue weighted by Gasteiger charge is 2.21. The molecule has 0 saturated heterocycles. The van der Waals surface area contributed by atoms with Crippen LogP contribution in [0.2, 0.25) is 0 Å². The third kappa shape index (κ3) is 4.79. The second-order valence-electron chi connectivity index (χ2n) is 7.40. The molecule has 0 fully saturated rings. The van der Waals surface area contributed by atoms with Crippen molar-refractivity contribution in [2.24, 2.45) is 0 Å². The summed E-state index contributed by atoms with van der Waals surface area (Å²) in [4.78, 5) is 26.9. The van der Waals surface area contributed by atoms with Crippen LogP contribution >= 0.6 is 15.9 Å². The molecule has 7 nitrogen and oxygen atoms in total.